The van der Waals surface area contributed by atoms with Crippen molar-refractivity contribution in [3.05, 3.63) is 16.8 Å². The van der Waals surface area contributed by atoms with Crippen LogP contribution in [0.25, 0.3) is 0 Å². The molecule has 0 fully saturated rings. The highest BCUT2D eigenvalue weighted by molar-refractivity contribution is 7.08. The maximum absolute atomic E-state index is 10.9. The molecule has 1 aromatic heterocycles. The molecule has 0 aliphatic carbocycles. The zero-order chi connectivity index (χ0) is 10.9. The molecule has 0 aromatic carbocycles. The van der Waals surface area contributed by atoms with Gasteiger partial charge in [-0.1, -0.05) is 0 Å². The van der Waals surface area contributed by atoms with Crippen LogP contribution in [0.4, 0.5) is 5.69 Å². The Hall–Kier alpha value is -1.07. The van der Waals surface area contributed by atoms with Crippen LogP contribution in [0.3, 0.4) is 0 Å². The number of esters is 1. The minimum atomic E-state index is -0.312. The quantitative estimate of drug-likeness (QED) is 0.571. The second kappa shape index (κ2) is 7.25. The standard InChI is InChI=1S/C10H15NO3S/c1-2-14-10(12)7-13-5-4-11-9-3-6-15-8-9/h3,6,8,11H,2,4-5,7H2,1H3. The van der Waals surface area contributed by atoms with E-state index in [4.69, 9.17) is 9.47 Å². The zero-order valence-electron chi connectivity index (χ0n) is 8.69. The van der Waals surface area contributed by atoms with Crippen LogP contribution in [0.15, 0.2) is 16.8 Å². The average Bonchev–Trinajstić information content (AvgIpc) is 2.70. The zero-order valence-corrected chi connectivity index (χ0v) is 9.51. The van der Waals surface area contributed by atoms with Gasteiger partial charge in [0.15, 0.2) is 0 Å². The van der Waals surface area contributed by atoms with Crippen molar-refractivity contribution in [1.29, 1.82) is 0 Å². The molecule has 84 valence electrons. The summed E-state index contributed by atoms with van der Waals surface area (Å²) in [5, 5.41) is 7.18. The SMILES string of the molecule is CCOC(=O)COCCNc1ccsc1. The summed E-state index contributed by atoms with van der Waals surface area (Å²) in [6.45, 7) is 3.38. The fraction of sp³-hybridized carbons (Fsp3) is 0.500. The molecule has 0 saturated heterocycles. The molecule has 0 unspecified atom stereocenters. The van der Waals surface area contributed by atoms with Crippen molar-refractivity contribution in [2.24, 2.45) is 0 Å². The third-order valence-corrected chi connectivity index (χ3v) is 2.31. The number of ether oxygens (including phenoxy) is 2. The number of hydrogen-bond acceptors (Lipinski definition) is 5. The molecule has 0 saturated carbocycles. The molecule has 0 aliphatic heterocycles. The fourth-order valence-corrected chi connectivity index (χ4v) is 1.60. The van der Waals surface area contributed by atoms with E-state index in [1.54, 1.807) is 18.3 Å². The Morgan fingerprint density at radius 3 is 3.13 bits per heavy atom. The van der Waals surface area contributed by atoms with Gasteiger partial charge in [0.1, 0.15) is 6.61 Å². The van der Waals surface area contributed by atoms with Gasteiger partial charge in [0.05, 0.1) is 13.2 Å². The predicted octanol–water partition coefficient (Wildman–Crippen LogP) is 1.74. The van der Waals surface area contributed by atoms with Gasteiger partial charge in [0.2, 0.25) is 0 Å². The molecule has 15 heavy (non-hydrogen) atoms. The average molecular weight is 229 g/mol. The maximum atomic E-state index is 10.9. The largest absolute Gasteiger partial charge is 0.464 e. The van der Waals surface area contributed by atoms with Crippen molar-refractivity contribution in [2.45, 2.75) is 6.92 Å². The second-order valence-electron chi connectivity index (χ2n) is 2.80. The molecule has 1 heterocycles. The van der Waals surface area contributed by atoms with Crippen molar-refractivity contribution in [3.63, 3.8) is 0 Å². The Balaban J connectivity index is 1.95. The Labute approximate surface area is 93.2 Å². The molecule has 0 atom stereocenters. The van der Waals surface area contributed by atoms with Gasteiger partial charge in [0.25, 0.3) is 0 Å². The van der Waals surface area contributed by atoms with Crippen LogP contribution >= 0.6 is 11.3 Å². The number of carbonyl (C=O) groups excluding carboxylic acids is 1. The Bertz CT molecular complexity index is 274. The van der Waals surface area contributed by atoms with E-state index in [2.05, 4.69) is 5.32 Å². The van der Waals surface area contributed by atoms with Gasteiger partial charge in [-0.3, -0.25) is 0 Å². The smallest absolute Gasteiger partial charge is 0.332 e. The first-order valence-electron chi connectivity index (χ1n) is 4.82. The van der Waals surface area contributed by atoms with Crippen molar-refractivity contribution in [2.75, 3.05) is 31.7 Å². The lowest BCUT2D eigenvalue weighted by molar-refractivity contribution is -0.148. The lowest BCUT2D eigenvalue weighted by Crippen LogP contribution is -2.16. The van der Waals surface area contributed by atoms with Crippen LogP contribution in [0.5, 0.6) is 0 Å². The van der Waals surface area contributed by atoms with E-state index in [0.29, 0.717) is 19.8 Å². The normalized spacial score (nSPS) is 9.93. The van der Waals surface area contributed by atoms with Crippen molar-refractivity contribution in [3.8, 4) is 0 Å². The highest BCUT2D eigenvalue weighted by Gasteiger charge is 2.00. The summed E-state index contributed by atoms with van der Waals surface area (Å²) in [5.41, 5.74) is 1.08. The number of hydrogen-bond donors (Lipinski definition) is 1. The van der Waals surface area contributed by atoms with Crippen LogP contribution in [0.1, 0.15) is 6.92 Å². The van der Waals surface area contributed by atoms with Crippen LogP contribution in [0, 0.1) is 0 Å². The van der Waals surface area contributed by atoms with Gasteiger partial charge in [-0.15, -0.1) is 0 Å². The predicted molar refractivity (Wildman–Crippen MR) is 60.3 cm³/mol. The van der Waals surface area contributed by atoms with Crippen LogP contribution in [-0.2, 0) is 14.3 Å². The summed E-state index contributed by atoms with van der Waals surface area (Å²) in [5.74, 6) is -0.312. The van der Waals surface area contributed by atoms with Crippen molar-refractivity contribution >= 4 is 23.0 Å². The van der Waals surface area contributed by atoms with Crippen LogP contribution in [-0.4, -0.2) is 32.3 Å². The number of anilines is 1. The van der Waals surface area contributed by atoms with E-state index in [1.807, 2.05) is 16.8 Å². The Morgan fingerprint density at radius 1 is 1.60 bits per heavy atom. The summed E-state index contributed by atoms with van der Waals surface area (Å²) in [6.07, 6.45) is 0. The molecule has 0 radical (unpaired) electrons. The summed E-state index contributed by atoms with van der Waals surface area (Å²) < 4.78 is 9.82. The number of rotatable bonds is 7. The van der Waals surface area contributed by atoms with Gasteiger partial charge in [-0.25, -0.2) is 4.79 Å². The molecule has 1 rings (SSSR count). The Morgan fingerprint density at radius 2 is 2.47 bits per heavy atom. The molecule has 0 bridgehead atoms. The monoisotopic (exact) mass is 229 g/mol. The summed E-state index contributed by atoms with van der Waals surface area (Å²) in [7, 11) is 0. The minimum absolute atomic E-state index is 0.0269. The third-order valence-electron chi connectivity index (χ3n) is 1.62. The first kappa shape index (κ1) is 12.0. The lowest BCUT2D eigenvalue weighted by atomic mass is 10.5. The highest BCUT2D eigenvalue weighted by Crippen LogP contribution is 2.10. The number of carbonyl (C=O) groups is 1. The van der Waals surface area contributed by atoms with Crippen LogP contribution in [0.2, 0.25) is 0 Å². The van der Waals surface area contributed by atoms with E-state index < -0.39 is 0 Å². The van der Waals surface area contributed by atoms with Gasteiger partial charge in [-0.05, 0) is 18.4 Å². The maximum Gasteiger partial charge on any atom is 0.332 e. The lowest BCUT2D eigenvalue weighted by Gasteiger charge is -2.05. The Kier molecular flexibility index (Phi) is 5.80. The molecule has 5 heteroatoms. The number of nitrogens with one attached hydrogen (secondary N) is 1. The second-order valence-corrected chi connectivity index (χ2v) is 3.58. The van der Waals surface area contributed by atoms with E-state index in [9.17, 15) is 4.79 Å². The highest BCUT2D eigenvalue weighted by atomic mass is 32.1. The topological polar surface area (TPSA) is 47.6 Å². The summed E-state index contributed by atoms with van der Waals surface area (Å²) in [6, 6.07) is 2.00. The molecule has 1 N–H and O–H groups in total. The van der Waals surface area contributed by atoms with E-state index in [-0.39, 0.29) is 12.6 Å². The number of thiophene rings is 1. The molecule has 1 aromatic rings. The minimum Gasteiger partial charge on any atom is -0.464 e. The van der Waals surface area contributed by atoms with Gasteiger partial charge >= 0.3 is 5.97 Å². The molecule has 0 amide bonds. The van der Waals surface area contributed by atoms with Gasteiger partial charge in [0, 0.05) is 17.6 Å². The molecular formula is C10H15NO3S. The first-order chi connectivity index (χ1) is 7.33. The molecular weight excluding hydrogens is 214 g/mol. The first-order valence-corrected chi connectivity index (χ1v) is 5.76. The van der Waals surface area contributed by atoms with Gasteiger partial charge in [-0.2, -0.15) is 11.3 Å². The van der Waals surface area contributed by atoms with Crippen molar-refractivity contribution in [1.82, 2.24) is 0 Å². The van der Waals surface area contributed by atoms with Gasteiger partial charge < -0.3 is 14.8 Å². The summed E-state index contributed by atoms with van der Waals surface area (Å²) in [4.78, 5) is 10.9. The van der Waals surface area contributed by atoms with E-state index in [0.717, 1.165) is 5.69 Å². The van der Waals surface area contributed by atoms with E-state index in [1.165, 1.54) is 0 Å². The third kappa shape index (κ3) is 5.39. The molecule has 4 nitrogen and oxygen atoms in total. The summed E-state index contributed by atoms with van der Waals surface area (Å²) >= 11 is 1.64. The van der Waals surface area contributed by atoms with Crippen LogP contribution < -0.4 is 5.32 Å². The molecule has 0 spiro atoms. The van der Waals surface area contributed by atoms with Crippen molar-refractivity contribution < 1.29 is 14.3 Å². The molecule has 0 aliphatic rings. The van der Waals surface area contributed by atoms with E-state index >= 15 is 0 Å². The fourth-order valence-electron chi connectivity index (χ4n) is 0.991.